The van der Waals surface area contributed by atoms with E-state index in [0.29, 0.717) is 6.61 Å². The molecular weight excluding hydrogens is 136 g/mol. The van der Waals surface area contributed by atoms with Crippen LogP contribution < -0.4 is 0 Å². The Bertz CT molecular complexity index is 83.1. The minimum atomic E-state index is 0.0479. The summed E-state index contributed by atoms with van der Waals surface area (Å²) in [4.78, 5) is 10.5. The summed E-state index contributed by atoms with van der Waals surface area (Å²) in [6, 6.07) is 0. The van der Waals surface area contributed by atoms with Crippen molar-refractivity contribution in [3.8, 4) is 0 Å². The molecule has 3 heteroatoms. The molecule has 9 heavy (non-hydrogen) atoms. The summed E-state index contributed by atoms with van der Waals surface area (Å²) >= 11 is 3.79. The maximum atomic E-state index is 10.5. The molecule has 0 aliphatic rings. The summed E-state index contributed by atoms with van der Waals surface area (Å²) in [6.07, 6.45) is 0.958. The predicted molar refractivity (Wildman–Crippen MR) is 40.0 cm³/mol. The van der Waals surface area contributed by atoms with Crippen molar-refractivity contribution in [2.75, 3.05) is 19.0 Å². The number of carbonyl (C=O) groups excluding carboxylic acids is 1. The maximum absolute atomic E-state index is 10.5. The van der Waals surface area contributed by atoms with E-state index in [1.165, 1.54) is 0 Å². The van der Waals surface area contributed by atoms with Crippen LogP contribution in [0.2, 0.25) is 0 Å². The van der Waals surface area contributed by atoms with Gasteiger partial charge in [0.15, 0.2) is 5.78 Å². The van der Waals surface area contributed by atoms with E-state index in [1.54, 1.807) is 0 Å². The van der Waals surface area contributed by atoms with Gasteiger partial charge in [-0.3, -0.25) is 4.79 Å². The Morgan fingerprint density at radius 1 is 1.67 bits per heavy atom. The standard InChI is InChI=1S/C6H12O2S/c1-2-3-8-4-6(7)5-9/h9H,2-5H2,1H3. The normalized spacial score (nSPS) is 9.56. The number of ketones is 1. The van der Waals surface area contributed by atoms with E-state index >= 15 is 0 Å². The first kappa shape index (κ1) is 8.98. The minimum Gasteiger partial charge on any atom is -0.374 e. The van der Waals surface area contributed by atoms with Crippen molar-refractivity contribution < 1.29 is 9.53 Å². The molecule has 0 heterocycles. The van der Waals surface area contributed by atoms with Gasteiger partial charge in [0.1, 0.15) is 6.61 Å². The lowest BCUT2D eigenvalue weighted by atomic mass is 10.5. The van der Waals surface area contributed by atoms with E-state index in [9.17, 15) is 4.79 Å². The van der Waals surface area contributed by atoms with Crippen molar-refractivity contribution in [2.45, 2.75) is 13.3 Å². The Kier molecular flexibility index (Phi) is 6.09. The number of rotatable bonds is 5. The van der Waals surface area contributed by atoms with E-state index < -0.39 is 0 Å². The molecule has 0 aromatic heterocycles. The molecule has 0 aromatic rings. The van der Waals surface area contributed by atoms with Gasteiger partial charge in [-0.05, 0) is 6.42 Å². The van der Waals surface area contributed by atoms with Crippen molar-refractivity contribution >= 4 is 18.4 Å². The van der Waals surface area contributed by atoms with Crippen LogP contribution in [-0.2, 0) is 9.53 Å². The molecule has 0 unspecified atom stereocenters. The molecule has 54 valence electrons. The predicted octanol–water partition coefficient (Wildman–Crippen LogP) is 0.912. The Morgan fingerprint density at radius 3 is 2.78 bits per heavy atom. The van der Waals surface area contributed by atoms with Gasteiger partial charge in [0.2, 0.25) is 0 Å². The highest BCUT2D eigenvalue weighted by Gasteiger charge is 1.95. The number of hydrogen-bond donors (Lipinski definition) is 1. The Hall–Kier alpha value is -0.0200. The smallest absolute Gasteiger partial charge is 0.168 e. The van der Waals surface area contributed by atoms with Crippen LogP contribution in [0.5, 0.6) is 0 Å². The third-order valence-electron chi connectivity index (χ3n) is 0.788. The van der Waals surface area contributed by atoms with Gasteiger partial charge < -0.3 is 4.74 Å². The number of thiol groups is 1. The molecule has 0 aliphatic carbocycles. The maximum Gasteiger partial charge on any atom is 0.168 e. The topological polar surface area (TPSA) is 26.3 Å². The zero-order chi connectivity index (χ0) is 7.11. The Balaban J connectivity index is 2.97. The van der Waals surface area contributed by atoms with Gasteiger partial charge in [0, 0.05) is 6.61 Å². The molecule has 0 saturated heterocycles. The highest BCUT2D eigenvalue weighted by molar-refractivity contribution is 7.81. The molecule has 0 aliphatic heterocycles. The molecule has 0 fully saturated rings. The monoisotopic (exact) mass is 148 g/mol. The lowest BCUT2D eigenvalue weighted by Gasteiger charge is -1.97. The summed E-state index contributed by atoms with van der Waals surface area (Å²) < 4.78 is 4.94. The van der Waals surface area contributed by atoms with Crippen LogP contribution in [0.15, 0.2) is 0 Å². The molecule has 0 bridgehead atoms. The van der Waals surface area contributed by atoms with Gasteiger partial charge in [0.05, 0.1) is 5.75 Å². The van der Waals surface area contributed by atoms with Crippen LogP contribution in [0.1, 0.15) is 13.3 Å². The van der Waals surface area contributed by atoms with E-state index in [-0.39, 0.29) is 18.1 Å². The average molecular weight is 148 g/mol. The van der Waals surface area contributed by atoms with Gasteiger partial charge in [-0.15, -0.1) is 0 Å². The molecule has 0 amide bonds. The van der Waals surface area contributed by atoms with Crippen LogP contribution in [0.4, 0.5) is 0 Å². The van der Waals surface area contributed by atoms with Crippen LogP contribution in [0.25, 0.3) is 0 Å². The van der Waals surface area contributed by atoms with E-state index in [4.69, 9.17) is 4.74 Å². The molecule has 2 nitrogen and oxygen atoms in total. The average Bonchev–Trinajstić information content (AvgIpc) is 1.89. The zero-order valence-corrected chi connectivity index (χ0v) is 6.49. The Morgan fingerprint density at radius 2 is 2.33 bits per heavy atom. The first-order valence-corrected chi connectivity index (χ1v) is 3.64. The van der Waals surface area contributed by atoms with Crippen molar-refractivity contribution in [3.63, 3.8) is 0 Å². The SMILES string of the molecule is CCCOCC(=O)CS. The van der Waals surface area contributed by atoms with Gasteiger partial charge in [-0.25, -0.2) is 0 Å². The number of ether oxygens (including phenoxy) is 1. The molecule has 0 radical (unpaired) electrons. The minimum absolute atomic E-state index is 0.0479. The fourth-order valence-corrected chi connectivity index (χ4v) is 0.467. The molecule has 0 aromatic carbocycles. The zero-order valence-electron chi connectivity index (χ0n) is 5.59. The molecule has 0 rings (SSSR count). The fraction of sp³-hybridized carbons (Fsp3) is 0.833. The summed E-state index contributed by atoms with van der Waals surface area (Å²) in [5, 5.41) is 0. The van der Waals surface area contributed by atoms with E-state index in [1.807, 2.05) is 6.92 Å². The number of Topliss-reactive ketones (excluding diaryl/α,β-unsaturated/α-hetero) is 1. The molecule has 0 atom stereocenters. The summed E-state index contributed by atoms with van der Waals surface area (Å²) in [5.74, 6) is 0.329. The van der Waals surface area contributed by atoms with Crippen LogP contribution in [-0.4, -0.2) is 24.7 Å². The van der Waals surface area contributed by atoms with Crippen molar-refractivity contribution in [1.29, 1.82) is 0 Å². The first-order valence-electron chi connectivity index (χ1n) is 3.01. The third-order valence-corrected chi connectivity index (χ3v) is 1.14. The third kappa shape index (κ3) is 5.86. The second-order valence-electron chi connectivity index (χ2n) is 1.75. The number of hydrogen-bond acceptors (Lipinski definition) is 3. The molecule has 0 spiro atoms. The van der Waals surface area contributed by atoms with Gasteiger partial charge in [-0.1, -0.05) is 6.92 Å². The largest absolute Gasteiger partial charge is 0.374 e. The molecule has 0 saturated carbocycles. The molecule has 0 N–H and O–H groups in total. The lowest BCUT2D eigenvalue weighted by Crippen LogP contribution is -2.09. The molecular formula is C6H12O2S. The quantitative estimate of drug-likeness (QED) is 0.463. The van der Waals surface area contributed by atoms with Crippen LogP contribution in [0.3, 0.4) is 0 Å². The first-order chi connectivity index (χ1) is 4.31. The fourth-order valence-electron chi connectivity index (χ4n) is 0.376. The van der Waals surface area contributed by atoms with Gasteiger partial charge in [-0.2, -0.15) is 12.6 Å². The van der Waals surface area contributed by atoms with Crippen LogP contribution in [0, 0.1) is 0 Å². The highest BCUT2D eigenvalue weighted by atomic mass is 32.1. The number of carbonyl (C=O) groups is 1. The lowest BCUT2D eigenvalue weighted by molar-refractivity contribution is -0.120. The van der Waals surface area contributed by atoms with Crippen molar-refractivity contribution in [2.24, 2.45) is 0 Å². The van der Waals surface area contributed by atoms with Crippen LogP contribution >= 0.6 is 12.6 Å². The van der Waals surface area contributed by atoms with Crippen molar-refractivity contribution in [1.82, 2.24) is 0 Å². The van der Waals surface area contributed by atoms with Gasteiger partial charge >= 0.3 is 0 Å². The summed E-state index contributed by atoms with van der Waals surface area (Å²) in [5.41, 5.74) is 0. The second kappa shape index (κ2) is 6.11. The van der Waals surface area contributed by atoms with E-state index in [0.717, 1.165) is 6.42 Å². The summed E-state index contributed by atoms with van der Waals surface area (Å²) in [6.45, 7) is 2.89. The van der Waals surface area contributed by atoms with Gasteiger partial charge in [0.25, 0.3) is 0 Å². The van der Waals surface area contributed by atoms with Crippen molar-refractivity contribution in [3.05, 3.63) is 0 Å². The van der Waals surface area contributed by atoms with E-state index in [2.05, 4.69) is 12.6 Å². The summed E-state index contributed by atoms with van der Waals surface area (Å²) in [7, 11) is 0. The second-order valence-corrected chi connectivity index (χ2v) is 2.07. The highest BCUT2D eigenvalue weighted by Crippen LogP contribution is 1.83. The Labute approximate surface area is 61.0 Å².